The Morgan fingerprint density at radius 2 is 1.68 bits per heavy atom. The van der Waals surface area contributed by atoms with Crippen molar-refractivity contribution in [2.75, 3.05) is 26.2 Å². The summed E-state index contributed by atoms with van der Waals surface area (Å²) in [6.45, 7) is 3.63. The molecule has 2 aliphatic rings. The number of β-amino-alcohol motifs (C(OH)–C–C–N with tert-alkyl or cyclic N) is 1. The van der Waals surface area contributed by atoms with Gasteiger partial charge in [-0.1, -0.05) is 6.08 Å². The largest absolute Gasteiger partial charge is 0.382 e. The van der Waals surface area contributed by atoms with Crippen molar-refractivity contribution in [1.82, 2.24) is 30.6 Å². The second kappa shape index (κ2) is 8.63. The number of aromatic nitrogens is 4. The van der Waals surface area contributed by atoms with Crippen LogP contribution < -0.4 is 10.6 Å². The van der Waals surface area contributed by atoms with Gasteiger partial charge in [-0.3, -0.25) is 0 Å². The Morgan fingerprint density at radius 1 is 0.903 bits per heavy atom. The highest BCUT2D eigenvalue weighted by atomic mass is 16.3. The first-order valence-corrected chi connectivity index (χ1v) is 10.9. The molecule has 1 saturated heterocycles. The maximum absolute atomic E-state index is 10.5. The molecular formula is C24H28N6O. The summed E-state index contributed by atoms with van der Waals surface area (Å²) in [5.41, 5.74) is 4.46. The van der Waals surface area contributed by atoms with Crippen molar-refractivity contribution in [3.8, 4) is 0 Å². The van der Waals surface area contributed by atoms with Gasteiger partial charge in [0.25, 0.3) is 0 Å². The highest BCUT2D eigenvalue weighted by Gasteiger charge is 2.32. The van der Waals surface area contributed by atoms with E-state index in [-0.39, 0.29) is 0 Å². The normalized spacial score (nSPS) is 21.5. The number of aliphatic hydroxyl groups is 1. The molecule has 0 aliphatic carbocycles. The van der Waals surface area contributed by atoms with E-state index in [1.807, 2.05) is 30.5 Å². The van der Waals surface area contributed by atoms with Crippen LogP contribution in [0.5, 0.6) is 0 Å². The molecule has 6 heterocycles. The molecule has 1 fully saturated rings. The summed E-state index contributed by atoms with van der Waals surface area (Å²) in [4.78, 5) is 15.1. The molecule has 1 unspecified atom stereocenters. The molecular weight excluding hydrogens is 388 g/mol. The van der Waals surface area contributed by atoms with Crippen LogP contribution in [0.2, 0.25) is 0 Å². The molecule has 0 radical (unpaired) electrons. The van der Waals surface area contributed by atoms with Crippen LogP contribution in [-0.2, 0) is 5.60 Å². The third-order valence-electron chi connectivity index (χ3n) is 6.02. The molecule has 0 saturated carbocycles. The zero-order valence-electron chi connectivity index (χ0n) is 17.5. The molecule has 6 rings (SSSR count). The number of hydrogen-bond acceptors (Lipinski definition) is 5. The lowest BCUT2D eigenvalue weighted by atomic mass is 9.91. The first-order chi connectivity index (χ1) is 15.2. The molecule has 0 bridgehead atoms. The van der Waals surface area contributed by atoms with E-state index in [9.17, 15) is 5.11 Å². The van der Waals surface area contributed by atoms with E-state index >= 15 is 0 Å². The fourth-order valence-corrected chi connectivity index (χ4v) is 4.31. The summed E-state index contributed by atoms with van der Waals surface area (Å²) in [6.07, 6.45) is 8.77. The predicted octanol–water partition coefficient (Wildman–Crippen LogP) is 3.07. The van der Waals surface area contributed by atoms with Crippen molar-refractivity contribution >= 4 is 27.6 Å². The van der Waals surface area contributed by atoms with Gasteiger partial charge >= 0.3 is 0 Å². The highest BCUT2D eigenvalue weighted by molar-refractivity contribution is 5.82. The second-order valence-corrected chi connectivity index (χ2v) is 8.26. The van der Waals surface area contributed by atoms with Gasteiger partial charge in [0.05, 0.1) is 5.69 Å². The van der Waals surface area contributed by atoms with Crippen LogP contribution in [0.25, 0.3) is 27.6 Å². The van der Waals surface area contributed by atoms with E-state index in [0.717, 1.165) is 61.3 Å². The summed E-state index contributed by atoms with van der Waals surface area (Å²) in [5, 5.41) is 19.4. The molecule has 4 aromatic heterocycles. The quantitative estimate of drug-likeness (QED) is 0.346. The highest BCUT2D eigenvalue weighted by Crippen LogP contribution is 2.29. The second-order valence-electron chi connectivity index (χ2n) is 8.26. The van der Waals surface area contributed by atoms with Gasteiger partial charge in [0.15, 0.2) is 0 Å². The van der Waals surface area contributed by atoms with E-state index < -0.39 is 5.60 Å². The number of nitrogens with one attached hydrogen (secondary N) is 4. The molecule has 5 N–H and O–H groups in total. The Kier molecular flexibility index (Phi) is 5.55. The lowest BCUT2D eigenvalue weighted by molar-refractivity contribution is 0.00888. The summed E-state index contributed by atoms with van der Waals surface area (Å²) in [6, 6.07) is 12.1. The Labute approximate surface area is 181 Å². The smallest absolute Gasteiger partial charge is 0.137 e. The van der Waals surface area contributed by atoms with Gasteiger partial charge in [0.1, 0.15) is 16.9 Å². The average molecular weight is 417 g/mol. The van der Waals surface area contributed by atoms with Gasteiger partial charge in [-0.15, -0.1) is 0 Å². The Balaban J connectivity index is 0.000000132. The summed E-state index contributed by atoms with van der Waals surface area (Å²) in [5.74, 6) is 0. The number of rotatable bonds is 2. The lowest BCUT2D eigenvalue weighted by Crippen LogP contribution is -2.43. The molecule has 0 spiro atoms. The van der Waals surface area contributed by atoms with Crippen LogP contribution in [-0.4, -0.2) is 51.2 Å². The van der Waals surface area contributed by atoms with Crippen LogP contribution in [0.1, 0.15) is 30.7 Å². The minimum Gasteiger partial charge on any atom is -0.382 e. The molecule has 1 atom stereocenters. The van der Waals surface area contributed by atoms with E-state index in [4.69, 9.17) is 0 Å². The van der Waals surface area contributed by atoms with E-state index in [1.54, 1.807) is 6.20 Å². The number of fused-ring (bicyclic) bond motifs is 2. The molecule has 7 nitrogen and oxygen atoms in total. The van der Waals surface area contributed by atoms with Crippen molar-refractivity contribution in [3.05, 3.63) is 66.3 Å². The van der Waals surface area contributed by atoms with Gasteiger partial charge < -0.3 is 25.7 Å². The van der Waals surface area contributed by atoms with E-state index in [0.29, 0.717) is 6.54 Å². The van der Waals surface area contributed by atoms with Crippen LogP contribution in [0.15, 0.2) is 54.9 Å². The molecule has 31 heavy (non-hydrogen) atoms. The maximum Gasteiger partial charge on any atom is 0.137 e. The van der Waals surface area contributed by atoms with Crippen LogP contribution in [0, 0.1) is 0 Å². The number of pyridine rings is 2. The molecule has 2 aliphatic heterocycles. The number of piperidine rings is 1. The van der Waals surface area contributed by atoms with Crippen molar-refractivity contribution < 1.29 is 5.11 Å². The van der Waals surface area contributed by atoms with Gasteiger partial charge in [-0.05, 0) is 74.3 Å². The van der Waals surface area contributed by atoms with Crippen molar-refractivity contribution in [2.45, 2.75) is 24.9 Å². The summed E-state index contributed by atoms with van der Waals surface area (Å²) >= 11 is 0. The molecule has 7 heteroatoms. The average Bonchev–Trinajstić information content (AvgIpc) is 3.46. The van der Waals surface area contributed by atoms with Gasteiger partial charge in [-0.2, -0.15) is 0 Å². The van der Waals surface area contributed by atoms with Crippen molar-refractivity contribution in [2.24, 2.45) is 0 Å². The standard InChI is InChI=1S/C12H15N3O.C12H13N3/c16-12(4-2-5-13-8-12)10-7-9-3-1-6-14-11(9)15-10;1-4-10(8-13-5-1)11-7-9-3-2-6-14-12(9)15-11/h1,3,6-7,13,16H,2,4-5,8H2,(H,14,15);2-4,6-7,13H,1,5,8H2,(H,14,15). The van der Waals surface area contributed by atoms with Crippen LogP contribution in [0.4, 0.5) is 0 Å². The van der Waals surface area contributed by atoms with Crippen LogP contribution in [0.3, 0.4) is 0 Å². The molecule has 0 aromatic carbocycles. The monoisotopic (exact) mass is 416 g/mol. The lowest BCUT2D eigenvalue weighted by Gasteiger charge is -2.31. The van der Waals surface area contributed by atoms with E-state index in [1.165, 1.54) is 16.7 Å². The third-order valence-corrected chi connectivity index (χ3v) is 6.02. The first-order valence-electron chi connectivity index (χ1n) is 10.9. The Hall–Kier alpha value is -3.00. The van der Waals surface area contributed by atoms with Crippen molar-refractivity contribution in [1.29, 1.82) is 0 Å². The van der Waals surface area contributed by atoms with E-state index in [2.05, 4.69) is 48.8 Å². The van der Waals surface area contributed by atoms with Gasteiger partial charge in [0, 0.05) is 41.9 Å². The topological polar surface area (TPSA) is 102 Å². The Bertz CT molecular complexity index is 1130. The SMILES string of the molecule is C1=C(c2cc3cccnc3[nH]2)CNCC1.OC1(c2cc3cccnc3[nH]2)CCCNC1. The maximum atomic E-state index is 10.5. The number of nitrogens with zero attached hydrogens (tertiary/aromatic N) is 2. The minimum absolute atomic E-state index is 0.611. The minimum atomic E-state index is -0.765. The van der Waals surface area contributed by atoms with Crippen LogP contribution >= 0.6 is 0 Å². The fourth-order valence-electron chi connectivity index (χ4n) is 4.31. The zero-order valence-corrected chi connectivity index (χ0v) is 17.5. The predicted molar refractivity (Wildman–Crippen MR) is 124 cm³/mol. The Morgan fingerprint density at radius 3 is 2.32 bits per heavy atom. The molecule has 4 aromatic rings. The van der Waals surface area contributed by atoms with Gasteiger partial charge in [-0.25, -0.2) is 9.97 Å². The summed E-state index contributed by atoms with van der Waals surface area (Å²) < 4.78 is 0. The molecule has 0 amide bonds. The number of aromatic amines is 2. The van der Waals surface area contributed by atoms with Crippen molar-refractivity contribution in [3.63, 3.8) is 0 Å². The zero-order chi connectivity index (χ0) is 21.1. The fraction of sp³-hybridized carbons (Fsp3) is 0.333. The number of hydrogen-bond donors (Lipinski definition) is 5. The molecule has 160 valence electrons. The van der Waals surface area contributed by atoms with Gasteiger partial charge in [0.2, 0.25) is 0 Å². The summed E-state index contributed by atoms with van der Waals surface area (Å²) in [7, 11) is 0. The number of H-pyrrole nitrogens is 2. The first kappa shape index (κ1) is 19.9. The third kappa shape index (κ3) is 4.25.